The maximum Gasteiger partial charge on any atom is 0.302 e. The van der Waals surface area contributed by atoms with Crippen molar-refractivity contribution in [3.63, 3.8) is 0 Å². The Labute approximate surface area is 199 Å². The molecule has 4 aliphatic heterocycles. The molecule has 0 amide bonds. The minimum atomic E-state index is -1.55. The number of hydrogen-bond donors (Lipinski definition) is 3. The number of fused-ring (bicyclic) bond motifs is 6. The zero-order valence-corrected chi connectivity index (χ0v) is 18.7. The first kappa shape index (κ1) is 22.2. The average molecular weight is 488 g/mol. The molecule has 3 N–H and O–H groups in total. The lowest BCUT2D eigenvalue weighted by molar-refractivity contribution is -0.278. The van der Waals surface area contributed by atoms with Gasteiger partial charge in [0, 0.05) is 30.2 Å². The van der Waals surface area contributed by atoms with Gasteiger partial charge >= 0.3 is 5.97 Å². The Balaban J connectivity index is 1.19. The molecule has 1 fully saturated rings. The fourth-order valence-corrected chi connectivity index (χ4v) is 4.78. The quantitative estimate of drug-likeness (QED) is 0.526. The molecule has 0 spiro atoms. The third kappa shape index (κ3) is 3.80. The Morgan fingerprint density at radius 1 is 0.943 bits per heavy atom. The van der Waals surface area contributed by atoms with E-state index in [0.29, 0.717) is 29.6 Å². The normalized spacial score (nSPS) is 31.9. The summed E-state index contributed by atoms with van der Waals surface area (Å²) in [7, 11) is 0. The molecule has 0 aromatic heterocycles. The third-order valence-corrected chi connectivity index (χ3v) is 6.61. The molecule has 6 rings (SSSR count). The van der Waals surface area contributed by atoms with Crippen LogP contribution < -0.4 is 23.7 Å². The molecule has 11 nitrogen and oxygen atoms in total. The summed E-state index contributed by atoms with van der Waals surface area (Å²) in [6, 6.07) is 8.91. The fraction of sp³-hybridized carbons (Fsp3) is 0.458. The lowest BCUT2D eigenvalue weighted by Gasteiger charge is -2.40. The summed E-state index contributed by atoms with van der Waals surface area (Å²) in [4.78, 5) is 11.1. The van der Waals surface area contributed by atoms with Gasteiger partial charge in [-0.1, -0.05) is 0 Å². The summed E-state index contributed by atoms with van der Waals surface area (Å²) in [5.41, 5.74) is 1.83. The van der Waals surface area contributed by atoms with Crippen LogP contribution in [0.25, 0.3) is 0 Å². The molecule has 0 aliphatic carbocycles. The minimum Gasteiger partial charge on any atom is -0.492 e. The minimum absolute atomic E-state index is 0.0130. The first-order chi connectivity index (χ1) is 16.9. The monoisotopic (exact) mass is 488 g/mol. The summed E-state index contributed by atoms with van der Waals surface area (Å²) >= 11 is 0. The van der Waals surface area contributed by atoms with Gasteiger partial charge < -0.3 is 48.5 Å². The summed E-state index contributed by atoms with van der Waals surface area (Å²) in [5, 5.41) is 30.7. The molecule has 11 heteroatoms. The van der Waals surface area contributed by atoms with Crippen molar-refractivity contribution in [1.29, 1.82) is 0 Å². The standard InChI is InChI=1S/C24H24O11/c1-10(25)29-8-19-20(26)21(27)22(28)24(35-19)33-11-2-3-12-15(4-11)30-7-14-13-5-17-18(32-9-31-17)6-16(13)34-23(12)14/h2-6,14,19-24,26-28H,7-9H2,1H3. The van der Waals surface area contributed by atoms with Crippen LogP contribution in [0, 0.1) is 0 Å². The molecule has 4 heterocycles. The number of ether oxygens (including phenoxy) is 7. The molecule has 0 radical (unpaired) electrons. The molecular weight excluding hydrogens is 464 g/mol. The summed E-state index contributed by atoms with van der Waals surface area (Å²) in [6.45, 7) is 1.49. The van der Waals surface area contributed by atoms with Gasteiger partial charge in [-0.15, -0.1) is 0 Å². The number of esters is 1. The van der Waals surface area contributed by atoms with Gasteiger partial charge in [0.15, 0.2) is 11.5 Å². The Morgan fingerprint density at radius 2 is 1.74 bits per heavy atom. The Morgan fingerprint density at radius 3 is 2.54 bits per heavy atom. The van der Waals surface area contributed by atoms with Crippen LogP contribution in [0.2, 0.25) is 0 Å². The molecule has 186 valence electrons. The molecule has 2 aromatic rings. The van der Waals surface area contributed by atoms with E-state index >= 15 is 0 Å². The molecule has 7 atom stereocenters. The van der Waals surface area contributed by atoms with Gasteiger partial charge in [0.05, 0.1) is 12.5 Å². The molecule has 1 saturated heterocycles. The van der Waals surface area contributed by atoms with Gasteiger partial charge in [-0.3, -0.25) is 4.79 Å². The Hall–Kier alpha value is -3.25. The summed E-state index contributed by atoms with van der Waals surface area (Å²) in [5.74, 6) is 2.36. The molecule has 0 saturated carbocycles. The molecule has 35 heavy (non-hydrogen) atoms. The largest absolute Gasteiger partial charge is 0.492 e. The number of carbonyl (C=O) groups is 1. The van der Waals surface area contributed by atoms with Crippen molar-refractivity contribution in [1.82, 2.24) is 0 Å². The molecular formula is C24H24O11. The highest BCUT2D eigenvalue weighted by molar-refractivity contribution is 5.65. The van der Waals surface area contributed by atoms with E-state index in [1.165, 1.54) is 6.92 Å². The van der Waals surface area contributed by atoms with Gasteiger partial charge in [-0.2, -0.15) is 0 Å². The molecule has 7 unspecified atom stereocenters. The topological polar surface area (TPSA) is 142 Å². The highest BCUT2D eigenvalue weighted by Gasteiger charge is 2.46. The van der Waals surface area contributed by atoms with E-state index in [0.717, 1.165) is 16.9 Å². The van der Waals surface area contributed by atoms with E-state index < -0.39 is 36.7 Å². The SMILES string of the molecule is CC(=O)OCC1OC(Oc2ccc3c(c2)OCC2c4cc5c(cc4OC32)OCO5)C(O)C(O)C1O. The van der Waals surface area contributed by atoms with E-state index in [9.17, 15) is 20.1 Å². The molecule has 2 aromatic carbocycles. The third-order valence-electron chi connectivity index (χ3n) is 6.61. The highest BCUT2D eigenvalue weighted by Crippen LogP contribution is 2.54. The van der Waals surface area contributed by atoms with E-state index in [1.807, 2.05) is 18.2 Å². The second-order valence-corrected chi connectivity index (χ2v) is 8.83. The van der Waals surface area contributed by atoms with Crippen LogP contribution in [0.1, 0.15) is 30.1 Å². The summed E-state index contributed by atoms with van der Waals surface area (Å²) in [6.07, 6.45) is -7.17. The average Bonchev–Trinajstić information content (AvgIpc) is 3.45. The zero-order chi connectivity index (χ0) is 24.3. The predicted molar refractivity (Wildman–Crippen MR) is 115 cm³/mol. The number of hydrogen-bond acceptors (Lipinski definition) is 11. The first-order valence-electron chi connectivity index (χ1n) is 11.3. The number of aliphatic hydroxyl groups is 3. The van der Waals surface area contributed by atoms with Gasteiger partial charge in [0.2, 0.25) is 13.1 Å². The van der Waals surface area contributed by atoms with Gasteiger partial charge in [-0.05, 0) is 18.2 Å². The Bertz CT molecular complexity index is 1150. The van der Waals surface area contributed by atoms with Gasteiger partial charge in [0.1, 0.15) is 54.4 Å². The van der Waals surface area contributed by atoms with Crippen LogP contribution in [0.15, 0.2) is 30.3 Å². The van der Waals surface area contributed by atoms with Crippen molar-refractivity contribution in [3.8, 4) is 28.7 Å². The van der Waals surface area contributed by atoms with Crippen LogP contribution in [0.5, 0.6) is 28.7 Å². The van der Waals surface area contributed by atoms with Crippen LogP contribution in [0.4, 0.5) is 0 Å². The van der Waals surface area contributed by atoms with Crippen molar-refractivity contribution in [2.24, 2.45) is 0 Å². The molecule has 4 aliphatic rings. The maximum absolute atomic E-state index is 11.1. The van der Waals surface area contributed by atoms with Crippen LogP contribution in [-0.2, 0) is 14.3 Å². The maximum atomic E-state index is 11.1. The summed E-state index contributed by atoms with van der Waals surface area (Å²) < 4.78 is 39.4. The lowest BCUT2D eigenvalue weighted by atomic mass is 9.89. The fourth-order valence-electron chi connectivity index (χ4n) is 4.78. The number of aliphatic hydroxyl groups excluding tert-OH is 3. The van der Waals surface area contributed by atoms with Crippen molar-refractivity contribution in [2.45, 2.75) is 49.7 Å². The highest BCUT2D eigenvalue weighted by atomic mass is 16.7. The lowest BCUT2D eigenvalue weighted by Crippen LogP contribution is -2.60. The molecule has 0 bridgehead atoms. The first-order valence-corrected chi connectivity index (χ1v) is 11.3. The second-order valence-electron chi connectivity index (χ2n) is 8.83. The van der Waals surface area contributed by atoms with Crippen molar-refractivity contribution >= 4 is 5.97 Å². The number of rotatable bonds is 4. The van der Waals surface area contributed by atoms with Gasteiger partial charge in [0.25, 0.3) is 0 Å². The Kier molecular flexibility index (Phi) is 5.37. The van der Waals surface area contributed by atoms with Crippen molar-refractivity contribution < 1.29 is 53.3 Å². The van der Waals surface area contributed by atoms with Crippen LogP contribution in [-0.4, -0.2) is 72.0 Å². The number of benzene rings is 2. The van der Waals surface area contributed by atoms with Crippen LogP contribution in [0.3, 0.4) is 0 Å². The van der Waals surface area contributed by atoms with E-state index in [-0.39, 0.29) is 25.4 Å². The zero-order valence-electron chi connectivity index (χ0n) is 18.7. The van der Waals surface area contributed by atoms with Gasteiger partial charge in [-0.25, -0.2) is 0 Å². The van der Waals surface area contributed by atoms with Crippen LogP contribution >= 0.6 is 0 Å². The van der Waals surface area contributed by atoms with E-state index in [4.69, 9.17) is 33.2 Å². The number of carbonyl (C=O) groups excluding carboxylic acids is 1. The van der Waals surface area contributed by atoms with Crippen molar-refractivity contribution in [3.05, 3.63) is 41.5 Å². The smallest absolute Gasteiger partial charge is 0.302 e. The predicted octanol–water partition coefficient (Wildman–Crippen LogP) is 0.774. The second kappa shape index (κ2) is 8.45. The van der Waals surface area contributed by atoms with E-state index in [1.54, 1.807) is 12.1 Å². The van der Waals surface area contributed by atoms with Crippen molar-refractivity contribution in [2.75, 3.05) is 20.0 Å². The van der Waals surface area contributed by atoms with E-state index in [2.05, 4.69) is 0 Å².